The van der Waals surface area contributed by atoms with Gasteiger partial charge in [-0.25, -0.2) is 9.78 Å². The molecule has 2 heterocycles. The first kappa shape index (κ1) is 32.0. The van der Waals surface area contributed by atoms with Crippen LogP contribution in [-0.4, -0.2) is 100 Å². The highest BCUT2D eigenvalue weighted by Gasteiger charge is 2.23. The van der Waals surface area contributed by atoms with E-state index in [0.29, 0.717) is 39.1 Å². The summed E-state index contributed by atoms with van der Waals surface area (Å²) in [5.41, 5.74) is 9.47. The zero-order valence-electron chi connectivity index (χ0n) is 22.9. The highest BCUT2D eigenvalue weighted by molar-refractivity contribution is 5.96. The maximum Gasteiger partial charge on any atom is 0.407 e. The van der Waals surface area contributed by atoms with Crippen molar-refractivity contribution in [2.45, 2.75) is 6.42 Å². The lowest BCUT2D eigenvalue weighted by Gasteiger charge is -2.32. The molecular weight excluding hydrogens is 570 g/mol. The quantitative estimate of drug-likeness (QED) is 0.0833. The average molecular weight is 602 g/mol. The molecule has 0 unspecified atom stereocenters. The van der Waals surface area contributed by atoms with Crippen molar-refractivity contribution in [1.29, 1.82) is 0 Å². The Hall–Kier alpha value is -5.52. The zero-order valence-corrected chi connectivity index (χ0v) is 22.9. The monoisotopic (exact) mass is 601 g/mol. The van der Waals surface area contributed by atoms with Crippen molar-refractivity contribution < 1.29 is 34.1 Å². The third-order valence-corrected chi connectivity index (χ3v) is 6.38. The summed E-state index contributed by atoms with van der Waals surface area (Å²) in [5.74, 6) is -1.75. The van der Waals surface area contributed by atoms with Crippen LogP contribution in [0.2, 0.25) is 0 Å². The Kier molecular flexibility index (Phi) is 11.1. The van der Waals surface area contributed by atoms with E-state index in [1.54, 1.807) is 12.2 Å². The molecule has 230 valence electrons. The molecule has 1 saturated heterocycles. The summed E-state index contributed by atoms with van der Waals surface area (Å²) in [6.45, 7) is 2.90. The van der Waals surface area contributed by atoms with Gasteiger partial charge in [-0.2, -0.15) is 0 Å². The number of hydrogen-bond donors (Lipinski definition) is 5. The number of carbonyl (C=O) groups excluding carboxylic acids is 2. The number of carboxylic acid groups (broad SMARTS) is 1. The van der Waals surface area contributed by atoms with E-state index in [-0.39, 0.29) is 48.1 Å². The number of rotatable bonds is 15. The Balaban J connectivity index is 1.62. The summed E-state index contributed by atoms with van der Waals surface area (Å²) in [7, 11) is 0. The van der Waals surface area contributed by atoms with Gasteiger partial charge in [0.25, 0.3) is 11.6 Å². The molecule has 18 nitrogen and oxygen atoms in total. The lowest BCUT2D eigenvalue weighted by atomic mass is 10.1. The molecule has 1 aromatic carbocycles. The van der Waals surface area contributed by atoms with Crippen molar-refractivity contribution in [3.8, 4) is 5.75 Å². The molecule has 18 heteroatoms. The number of anilines is 2. The maximum absolute atomic E-state index is 11.8. The van der Waals surface area contributed by atoms with Gasteiger partial charge in [0.15, 0.2) is 5.69 Å². The number of pyridine rings is 1. The molecule has 7 N–H and O–H groups in total. The zero-order chi connectivity index (χ0) is 31.5. The number of benzene rings is 1. The lowest BCUT2D eigenvalue weighted by Crippen LogP contribution is -2.48. The number of nitrogens with one attached hydrogen (secondary N) is 2. The summed E-state index contributed by atoms with van der Waals surface area (Å²) < 4.78 is 5.82. The molecule has 1 aliphatic heterocycles. The van der Waals surface area contributed by atoms with Crippen molar-refractivity contribution in [3.63, 3.8) is 0 Å². The van der Waals surface area contributed by atoms with Crippen molar-refractivity contribution in [2.75, 3.05) is 63.1 Å². The van der Waals surface area contributed by atoms with Gasteiger partial charge in [-0.15, -0.1) is 0 Å². The Labute approximate surface area is 244 Å². The van der Waals surface area contributed by atoms with E-state index in [0.717, 1.165) is 18.3 Å². The predicted molar refractivity (Wildman–Crippen MR) is 153 cm³/mol. The first-order valence-electron chi connectivity index (χ1n) is 13.0. The second-order valence-electron chi connectivity index (χ2n) is 9.25. The van der Waals surface area contributed by atoms with Gasteiger partial charge in [0.2, 0.25) is 11.7 Å². The first-order chi connectivity index (χ1) is 20.5. The third-order valence-electron chi connectivity index (χ3n) is 6.38. The number of amides is 3. The van der Waals surface area contributed by atoms with Crippen LogP contribution in [0.1, 0.15) is 27.1 Å². The number of nitro groups is 2. The molecule has 0 saturated carbocycles. The molecule has 0 atom stereocenters. The average Bonchev–Trinajstić information content (AvgIpc) is 2.97. The maximum atomic E-state index is 11.8. The van der Waals surface area contributed by atoms with E-state index in [2.05, 4.69) is 20.5 Å². The SMILES string of the molecule is NC(=O)c1cnc(NC/C=C/CNc2c(OCCCN3CCN(C(=O)O)CC3)cc(C(N)=O)cc2[N+](=O)[O-])c([N+](=O)[O-])c1. The second kappa shape index (κ2) is 14.9. The molecule has 2 aromatic rings. The highest BCUT2D eigenvalue weighted by atomic mass is 16.6. The van der Waals surface area contributed by atoms with Crippen LogP contribution < -0.4 is 26.8 Å². The van der Waals surface area contributed by atoms with Crippen LogP contribution >= 0.6 is 0 Å². The molecule has 1 aromatic heterocycles. The molecule has 1 aliphatic rings. The summed E-state index contributed by atoms with van der Waals surface area (Å²) in [6, 6.07) is 3.37. The number of hydrogen-bond acceptors (Lipinski definition) is 12. The molecule has 0 spiro atoms. The van der Waals surface area contributed by atoms with Crippen molar-refractivity contribution in [1.82, 2.24) is 14.8 Å². The van der Waals surface area contributed by atoms with Crippen molar-refractivity contribution in [3.05, 3.63) is 67.9 Å². The standard InChI is InChI=1S/C25H31N9O9/c26-22(35)16-12-18(33(39)40)21(20(14-16)43-11-3-6-31-7-9-32(10-8-31)25(37)38)28-4-1-2-5-29-24-19(34(41)42)13-17(15-30-24)23(27)36/h1-2,12-15,28H,3-11H2,(H2,26,35)(H2,27,36)(H,29,30)(H,37,38)/b2-1+. The van der Waals surface area contributed by atoms with Crippen LogP contribution in [0, 0.1) is 20.2 Å². The molecule has 1 fully saturated rings. The number of nitrogens with two attached hydrogens (primary N) is 2. The van der Waals surface area contributed by atoms with Gasteiger partial charge in [0.1, 0.15) is 5.75 Å². The predicted octanol–water partition coefficient (Wildman–Crippen LogP) is 1.24. The van der Waals surface area contributed by atoms with E-state index in [1.165, 1.54) is 11.0 Å². The van der Waals surface area contributed by atoms with E-state index >= 15 is 0 Å². The summed E-state index contributed by atoms with van der Waals surface area (Å²) in [6.07, 6.45) is 3.88. The minimum absolute atomic E-state index is 0.0297. The third kappa shape index (κ3) is 8.98. The Morgan fingerprint density at radius 3 is 2.14 bits per heavy atom. The first-order valence-corrected chi connectivity index (χ1v) is 13.0. The summed E-state index contributed by atoms with van der Waals surface area (Å²) >= 11 is 0. The van der Waals surface area contributed by atoms with Crippen molar-refractivity contribution in [2.24, 2.45) is 11.5 Å². The van der Waals surface area contributed by atoms with Crippen LogP contribution in [0.25, 0.3) is 0 Å². The van der Waals surface area contributed by atoms with E-state index in [1.807, 2.05) is 0 Å². The van der Waals surface area contributed by atoms with Crippen LogP contribution in [0.4, 0.5) is 27.7 Å². The van der Waals surface area contributed by atoms with Crippen molar-refractivity contribution >= 4 is 40.8 Å². The van der Waals surface area contributed by atoms with E-state index in [9.17, 15) is 34.6 Å². The van der Waals surface area contributed by atoms with Gasteiger partial charge in [0.05, 0.1) is 22.0 Å². The lowest BCUT2D eigenvalue weighted by molar-refractivity contribution is -0.384. The number of nitro benzene ring substituents is 1. The van der Waals surface area contributed by atoms with Gasteiger partial charge in [-0.1, -0.05) is 12.2 Å². The Morgan fingerprint density at radius 2 is 1.56 bits per heavy atom. The Bertz CT molecular complexity index is 1410. The molecule has 0 radical (unpaired) electrons. The van der Waals surface area contributed by atoms with Gasteiger partial charge in [-0.3, -0.25) is 34.7 Å². The van der Waals surface area contributed by atoms with Crippen LogP contribution in [0.3, 0.4) is 0 Å². The number of carbonyl (C=O) groups is 3. The second-order valence-corrected chi connectivity index (χ2v) is 9.25. The van der Waals surface area contributed by atoms with E-state index < -0.39 is 39.1 Å². The van der Waals surface area contributed by atoms with Gasteiger partial charge >= 0.3 is 11.8 Å². The normalized spacial score (nSPS) is 13.4. The van der Waals surface area contributed by atoms with Gasteiger partial charge in [0, 0.05) is 69.7 Å². The van der Waals surface area contributed by atoms with Crippen LogP contribution in [0.15, 0.2) is 36.5 Å². The molecule has 43 heavy (non-hydrogen) atoms. The molecule has 3 rings (SSSR count). The topological polar surface area (TPSA) is 262 Å². The minimum Gasteiger partial charge on any atom is -0.491 e. The largest absolute Gasteiger partial charge is 0.491 e. The number of nitrogens with zero attached hydrogens (tertiary/aromatic N) is 5. The van der Waals surface area contributed by atoms with Crippen LogP contribution in [-0.2, 0) is 0 Å². The van der Waals surface area contributed by atoms with Gasteiger partial charge < -0.3 is 36.8 Å². The number of piperazine rings is 1. The fourth-order valence-electron chi connectivity index (χ4n) is 4.16. The van der Waals surface area contributed by atoms with Crippen LogP contribution in [0.5, 0.6) is 5.75 Å². The number of ether oxygens (including phenoxy) is 1. The smallest absolute Gasteiger partial charge is 0.407 e. The molecular formula is C25H31N9O9. The summed E-state index contributed by atoms with van der Waals surface area (Å²) in [5, 5.41) is 37.8. The molecule has 0 aliphatic carbocycles. The number of primary amides is 2. The minimum atomic E-state index is -0.956. The summed E-state index contributed by atoms with van der Waals surface area (Å²) in [4.78, 5) is 63.2. The molecule has 0 bridgehead atoms. The highest BCUT2D eigenvalue weighted by Crippen LogP contribution is 2.36. The Morgan fingerprint density at radius 1 is 0.953 bits per heavy atom. The molecule has 3 amide bonds. The van der Waals surface area contributed by atoms with E-state index in [4.69, 9.17) is 21.3 Å². The fraction of sp³-hybridized carbons (Fsp3) is 0.360. The van der Waals surface area contributed by atoms with Gasteiger partial charge in [-0.05, 0) is 12.5 Å². The number of aromatic nitrogens is 1. The fourth-order valence-corrected chi connectivity index (χ4v) is 4.16.